The van der Waals surface area contributed by atoms with Crippen LogP contribution in [-0.4, -0.2) is 74.1 Å². The van der Waals surface area contributed by atoms with E-state index in [2.05, 4.69) is 22.0 Å². The summed E-state index contributed by atoms with van der Waals surface area (Å²) in [5.74, 6) is 0.525. The van der Waals surface area contributed by atoms with Crippen molar-refractivity contribution in [2.24, 2.45) is 11.1 Å². The number of aromatic nitrogens is 4. The second-order valence-electron chi connectivity index (χ2n) is 13.3. The van der Waals surface area contributed by atoms with E-state index in [1.807, 2.05) is 41.3 Å². The van der Waals surface area contributed by atoms with E-state index in [0.29, 0.717) is 36.7 Å². The van der Waals surface area contributed by atoms with Gasteiger partial charge >= 0.3 is 0 Å². The maximum atomic E-state index is 13.8. The average molecular weight is 598 g/mol. The molecule has 8 rings (SSSR count). The number of nitrogens with two attached hydrogens (primary N) is 1. The van der Waals surface area contributed by atoms with Crippen molar-refractivity contribution in [3.05, 3.63) is 47.3 Å². The minimum Gasteiger partial charge on any atom is -0.482 e. The standard InChI is InChI=1S/C33H39N7O4/c1-18-24-6-4-20-12-26(38(31(20)36-24)16-33(9-10-33)17-44-11-8-28(41)35-18)30-19(2)39-27(37-30)13-21(14-29(39)43-3)32(42)40-22-5-7-25(40)23(34)15-22/h4,6,12-14,18,22-23,25H,5,7-11,15-17,34H2,1-3H3,(H,35,41)/t18-,22+,23-,25-/m1/s1. The molecule has 2 amide bonds. The smallest absolute Gasteiger partial charge is 0.254 e. The summed E-state index contributed by atoms with van der Waals surface area (Å²) in [6.45, 7) is 5.73. The number of aryl methyl sites for hydroxylation is 1. The second-order valence-corrected chi connectivity index (χ2v) is 13.3. The van der Waals surface area contributed by atoms with Crippen LogP contribution in [-0.2, 0) is 16.1 Å². The summed E-state index contributed by atoms with van der Waals surface area (Å²) in [6.07, 6.45) is 5.27. The van der Waals surface area contributed by atoms with Gasteiger partial charge in [0.1, 0.15) is 17.0 Å². The molecular formula is C33H39N7O4. The van der Waals surface area contributed by atoms with E-state index in [4.69, 9.17) is 25.2 Å². The number of carbonyl (C=O) groups excluding carboxylic acids is 2. The van der Waals surface area contributed by atoms with Crippen LogP contribution in [0.25, 0.3) is 28.1 Å². The Morgan fingerprint density at radius 3 is 2.75 bits per heavy atom. The van der Waals surface area contributed by atoms with Crippen molar-refractivity contribution in [2.75, 3.05) is 20.3 Å². The summed E-state index contributed by atoms with van der Waals surface area (Å²) in [4.78, 5) is 38.6. The van der Waals surface area contributed by atoms with Crippen LogP contribution in [0.4, 0.5) is 0 Å². The summed E-state index contributed by atoms with van der Waals surface area (Å²) in [7, 11) is 1.63. The summed E-state index contributed by atoms with van der Waals surface area (Å²) in [5.41, 5.74) is 12.0. The molecule has 1 aliphatic carbocycles. The van der Waals surface area contributed by atoms with Gasteiger partial charge in [0.15, 0.2) is 5.88 Å². The van der Waals surface area contributed by atoms with E-state index in [0.717, 1.165) is 72.5 Å². The van der Waals surface area contributed by atoms with Gasteiger partial charge in [-0.1, -0.05) is 0 Å². The minimum absolute atomic E-state index is 0.00515. The number of amides is 2. The van der Waals surface area contributed by atoms with Crippen LogP contribution >= 0.6 is 0 Å². The molecule has 3 N–H and O–H groups in total. The zero-order valence-electron chi connectivity index (χ0n) is 25.5. The van der Waals surface area contributed by atoms with Crippen molar-refractivity contribution in [2.45, 2.75) is 83.1 Å². The Labute approximate surface area is 255 Å². The fourth-order valence-electron chi connectivity index (χ4n) is 7.73. The number of hydrogen-bond acceptors (Lipinski definition) is 7. The lowest BCUT2D eigenvalue weighted by Gasteiger charge is -2.23. The summed E-state index contributed by atoms with van der Waals surface area (Å²) in [6, 6.07) is 10.0. The summed E-state index contributed by atoms with van der Waals surface area (Å²) < 4.78 is 16.1. The van der Waals surface area contributed by atoms with Gasteiger partial charge < -0.3 is 30.0 Å². The van der Waals surface area contributed by atoms with Gasteiger partial charge in [0.05, 0.1) is 43.4 Å². The molecule has 0 unspecified atom stereocenters. The fraction of sp³-hybridized carbons (Fsp3) is 0.515. The third-order valence-electron chi connectivity index (χ3n) is 10.4. The molecule has 3 fully saturated rings. The van der Waals surface area contributed by atoms with Crippen molar-refractivity contribution in [3.8, 4) is 17.3 Å². The van der Waals surface area contributed by atoms with Crippen LogP contribution in [0.3, 0.4) is 0 Å². The number of carbonyl (C=O) groups is 2. The molecule has 11 heteroatoms. The van der Waals surface area contributed by atoms with Gasteiger partial charge in [-0.15, -0.1) is 0 Å². The summed E-state index contributed by atoms with van der Waals surface area (Å²) >= 11 is 0. The molecule has 230 valence electrons. The van der Waals surface area contributed by atoms with E-state index < -0.39 is 0 Å². The number of nitrogens with one attached hydrogen (secondary N) is 1. The van der Waals surface area contributed by atoms with Crippen LogP contribution in [0.15, 0.2) is 30.3 Å². The molecule has 0 radical (unpaired) electrons. The molecule has 3 aliphatic heterocycles. The highest BCUT2D eigenvalue weighted by molar-refractivity contribution is 5.97. The van der Waals surface area contributed by atoms with Gasteiger partial charge in [0.2, 0.25) is 5.91 Å². The molecule has 4 aromatic rings. The summed E-state index contributed by atoms with van der Waals surface area (Å²) in [5, 5.41) is 4.07. The fourth-order valence-corrected chi connectivity index (χ4v) is 7.73. The lowest BCUT2D eigenvalue weighted by Crippen LogP contribution is -2.40. The highest BCUT2D eigenvalue weighted by Gasteiger charge is 2.47. The Kier molecular flexibility index (Phi) is 6.29. The van der Waals surface area contributed by atoms with Crippen LogP contribution in [0.1, 0.15) is 73.2 Å². The van der Waals surface area contributed by atoms with Crippen LogP contribution < -0.4 is 15.8 Å². The molecule has 4 bridgehead atoms. The monoisotopic (exact) mass is 597 g/mol. The van der Waals surface area contributed by atoms with Crippen molar-refractivity contribution >= 4 is 28.5 Å². The number of ether oxygens (including phenoxy) is 2. The first-order chi connectivity index (χ1) is 21.2. The molecular weight excluding hydrogens is 558 g/mol. The Balaban J connectivity index is 1.25. The predicted octanol–water partition coefficient (Wildman–Crippen LogP) is 3.75. The minimum atomic E-state index is -0.230. The SMILES string of the molecule is COc1cc(C(=O)N2[C@H]3CC[C@@H]2[C@H](N)C3)cc2nc(-c3cc4ccc5nc4n3CC3(CC3)COCCC(=O)N[C@@H]5C)c(C)n12. The van der Waals surface area contributed by atoms with Crippen molar-refractivity contribution in [3.63, 3.8) is 0 Å². The Bertz CT molecular complexity index is 1820. The molecule has 1 spiro atoms. The first kappa shape index (κ1) is 27.6. The van der Waals surface area contributed by atoms with Crippen LogP contribution in [0.2, 0.25) is 0 Å². The topological polar surface area (TPSA) is 129 Å². The van der Waals surface area contributed by atoms with Gasteiger partial charge in [-0.3, -0.25) is 14.0 Å². The van der Waals surface area contributed by atoms with Gasteiger partial charge in [-0.05, 0) is 70.2 Å². The zero-order valence-corrected chi connectivity index (χ0v) is 25.5. The quantitative estimate of drug-likeness (QED) is 0.368. The van der Waals surface area contributed by atoms with Gasteiger partial charge in [-0.2, -0.15) is 0 Å². The number of rotatable bonds is 3. The van der Waals surface area contributed by atoms with Crippen molar-refractivity contribution in [1.29, 1.82) is 0 Å². The third-order valence-corrected chi connectivity index (χ3v) is 10.4. The van der Waals surface area contributed by atoms with Crippen molar-refractivity contribution < 1.29 is 19.1 Å². The zero-order chi connectivity index (χ0) is 30.3. The van der Waals surface area contributed by atoms with E-state index >= 15 is 0 Å². The van der Waals surface area contributed by atoms with Crippen molar-refractivity contribution in [1.82, 2.24) is 29.2 Å². The van der Waals surface area contributed by atoms with Gasteiger partial charge in [-0.25, -0.2) is 9.97 Å². The first-order valence-electron chi connectivity index (χ1n) is 15.8. The van der Waals surface area contributed by atoms with Crippen LogP contribution in [0, 0.1) is 12.3 Å². The largest absolute Gasteiger partial charge is 0.482 e. The number of methoxy groups -OCH3 is 1. The van der Waals surface area contributed by atoms with Crippen LogP contribution in [0.5, 0.6) is 5.88 Å². The Hall–Kier alpha value is -3.96. The number of fused-ring (bicyclic) bond motifs is 4. The lowest BCUT2D eigenvalue weighted by molar-refractivity contribution is -0.123. The average Bonchev–Trinajstić information content (AvgIpc) is 3.25. The van der Waals surface area contributed by atoms with Gasteiger partial charge in [0, 0.05) is 53.5 Å². The molecule has 11 nitrogen and oxygen atoms in total. The number of nitrogens with zero attached hydrogens (tertiary/aromatic N) is 5. The van der Waals surface area contributed by atoms with E-state index in [-0.39, 0.29) is 41.4 Å². The highest BCUT2D eigenvalue weighted by Crippen LogP contribution is 2.49. The number of pyridine rings is 2. The Morgan fingerprint density at radius 2 is 2.02 bits per heavy atom. The second kappa shape index (κ2) is 10.0. The van der Waals surface area contributed by atoms with E-state index in [9.17, 15) is 9.59 Å². The molecule has 4 aliphatic rings. The normalized spacial score (nSPS) is 26.2. The van der Waals surface area contributed by atoms with E-state index in [1.165, 1.54) is 0 Å². The third kappa shape index (κ3) is 4.31. The first-order valence-corrected chi connectivity index (χ1v) is 15.8. The number of imidazole rings is 1. The molecule has 2 saturated heterocycles. The lowest BCUT2D eigenvalue weighted by atomic mass is 9.97. The maximum Gasteiger partial charge on any atom is 0.254 e. The van der Waals surface area contributed by atoms with E-state index in [1.54, 1.807) is 7.11 Å². The molecule has 0 aromatic carbocycles. The number of hydrogen-bond donors (Lipinski definition) is 2. The molecule has 4 atom stereocenters. The maximum absolute atomic E-state index is 13.8. The predicted molar refractivity (Wildman–Crippen MR) is 164 cm³/mol. The molecule has 4 aromatic heterocycles. The molecule has 1 saturated carbocycles. The Morgan fingerprint density at radius 1 is 1.18 bits per heavy atom. The molecule has 7 heterocycles. The highest BCUT2D eigenvalue weighted by atomic mass is 16.5. The molecule has 44 heavy (non-hydrogen) atoms. The van der Waals surface area contributed by atoms with Gasteiger partial charge in [0.25, 0.3) is 5.91 Å².